The van der Waals surface area contributed by atoms with Crippen LogP contribution in [-0.2, 0) is 0 Å². The molecule has 0 radical (unpaired) electrons. The number of aromatic nitrogens is 2. The van der Waals surface area contributed by atoms with E-state index >= 15 is 0 Å². The second kappa shape index (κ2) is 6.00. The van der Waals surface area contributed by atoms with Crippen LogP contribution in [-0.4, -0.2) is 35.6 Å². The van der Waals surface area contributed by atoms with Crippen molar-refractivity contribution in [3.05, 3.63) is 12.4 Å². The maximum absolute atomic E-state index is 5.59. The molecule has 1 rings (SSSR count). The first-order chi connectivity index (χ1) is 8.34. The predicted molar refractivity (Wildman–Crippen MR) is 76.9 cm³/mol. The number of anilines is 2. The Balaban J connectivity index is 2.73. The molecular formula is C13H25N5. The Bertz CT molecular complexity index is 372. The van der Waals surface area contributed by atoms with Crippen LogP contribution in [0.15, 0.2) is 12.4 Å². The van der Waals surface area contributed by atoms with Gasteiger partial charge in [0.2, 0.25) is 0 Å². The van der Waals surface area contributed by atoms with Gasteiger partial charge in [-0.25, -0.2) is 9.97 Å². The third-order valence-electron chi connectivity index (χ3n) is 3.04. The van der Waals surface area contributed by atoms with E-state index in [1.54, 1.807) is 6.33 Å². The Hall–Kier alpha value is -1.36. The third kappa shape index (κ3) is 4.14. The van der Waals surface area contributed by atoms with Crippen molar-refractivity contribution < 1.29 is 0 Å². The fraction of sp³-hybridized carbons (Fsp3) is 0.692. The number of nitrogens with one attached hydrogen (secondary N) is 1. The molecule has 0 aliphatic heterocycles. The van der Waals surface area contributed by atoms with E-state index in [0.717, 1.165) is 18.2 Å². The van der Waals surface area contributed by atoms with Crippen molar-refractivity contribution in [2.24, 2.45) is 11.7 Å². The highest BCUT2D eigenvalue weighted by atomic mass is 15.2. The van der Waals surface area contributed by atoms with Crippen molar-refractivity contribution in [1.29, 1.82) is 0 Å². The molecular weight excluding hydrogens is 226 g/mol. The van der Waals surface area contributed by atoms with E-state index in [-0.39, 0.29) is 5.54 Å². The molecule has 0 amide bonds. The zero-order chi connectivity index (χ0) is 13.8. The topological polar surface area (TPSA) is 67.1 Å². The highest BCUT2D eigenvalue weighted by molar-refractivity contribution is 5.49. The molecule has 1 aromatic heterocycles. The van der Waals surface area contributed by atoms with Gasteiger partial charge in [0.05, 0.1) is 0 Å². The maximum atomic E-state index is 5.59. The zero-order valence-electron chi connectivity index (χ0n) is 12.1. The summed E-state index contributed by atoms with van der Waals surface area (Å²) >= 11 is 0. The lowest BCUT2D eigenvalue weighted by Crippen LogP contribution is -2.38. The minimum atomic E-state index is 0.0379. The summed E-state index contributed by atoms with van der Waals surface area (Å²) in [4.78, 5) is 10.7. The molecule has 0 saturated heterocycles. The molecule has 1 heterocycles. The number of nitrogens with two attached hydrogens (primary N) is 1. The van der Waals surface area contributed by atoms with Crippen molar-refractivity contribution in [2.75, 3.05) is 30.4 Å². The van der Waals surface area contributed by atoms with Gasteiger partial charge in [-0.05, 0) is 33.2 Å². The van der Waals surface area contributed by atoms with Crippen LogP contribution in [0.25, 0.3) is 0 Å². The largest absolute Gasteiger partial charge is 0.370 e. The smallest absolute Gasteiger partial charge is 0.134 e. The van der Waals surface area contributed by atoms with Gasteiger partial charge in [0.15, 0.2) is 0 Å². The summed E-state index contributed by atoms with van der Waals surface area (Å²) in [6.07, 6.45) is 1.59. The van der Waals surface area contributed by atoms with Crippen molar-refractivity contribution in [2.45, 2.75) is 33.2 Å². The van der Waals surface area contributed by atoms with Gasteiger partial charge in [-0.3, -0.25) is 0 Å². The van der Waals surface area contributed by atoms with Crippen LogP contribution < -0.4 is 16.0 Å². The van der Waals surface area contributed by atoms with Gasteiger partial charge >= 0.3 is 0 Å². The van der Waals surface area contributed by atoms with Crippen molar-refractivity contribution in [3.8, 4) is 0 Å². The van der Waals surface area contributed by atoms with E-state index in [9.17, 15) is 0 Å². The first-order valence-corrected chi connectivity index (χ1v) is 6.34. The average molecular weight is 251 g/mol. The number of nitrogens with zero attached hydrogens (tertiary/aromatic N) is 3. The summed E-state index contributed by atoms with van der Waals surface area (Å²) in [6.45, 7) is 10.1. The van der Waals surface area contributed by atoms with E-state index in [2.05, 4.69) is 47.9 Å². The van der Waals surface area contributed by atoms with Crippen LogP contribution in [0.3, 0.4) is 0 Å². The van der Waals surface area contributed by atoms with Gasteiger partial charge < -0.3 is 16.0 Å². The van der Waals surface area contributed by atoms with E-state index in [1.807, 2.05) is 13.1 Å². The van der Waals surface area contributed by atoms with Crippen LogP contribution in [0.5, 0.6) is 0 Å². The van der Waals surface area contributed by atoms with E-state index in [0.29, 0.717) is 12.5 Å². The SMILES string of the molecule is CC(CN)CNc1cc(N(C)C(C)(C)C)ncn1. The number of hydrogen-bond acceptors (Lipinski definition) is 5. The minimum absolute atomic E-state index is 0.0379. The van der Waals surface area contributed by atoms with Crippen molar-refractivity contribution >= 4 is 11.6 Å². The Morgan fingerprint density at radius 3 is 2.61 bits per heavy atom. The summed E-state index contributed by atoms with van der Waals surface area (Å²) < 4.78 is 0. The summed E-state index contributed by atoms with van der Waals surface area (Å²) in [7, 11) is 2.04. The second-order valence-electron chi connectivity index (χ2n) is 5.71. The Kier molecular flexibility index (Phi) is 4.90. The molecule has 0 aliphatic rings. The van der Waals surface area contributed by atoms with Gasteiger partial charge in [0.25, 0.3) is 0 Å². The lowest BCUT2D eigenvalue weighted by Gasteiger charge is -2.33. The van der Waals surface area contributed by atoms with E-state index < -0.39 is 0 Å². The second-order valence-corrected chi connectivity index (χ2v) is 5.71. The van der Waals surface area contributed by atoms with Crippen molar-refractivity contribution in [1.82, 2.24) is 9.97 Å². The molecule has 5 nitrogen and oxygen atoms in total. The molecule has 0 fully saturated rings. The predicted octanol–water partition coefficient (Wildman–Crippen LogP) is 1.72. The summed E-state index contributed by atoms with van der Waals surface area (Å²) in [5, 5.41) is 3.28. The minimum Gasteiger partial charge on any atom is -0.370 e. The monoisotopic (exact) mass is 251 g/mol. The normalized spacial score (nSPS) is 13.2. The molecule has 1 atom stereocenters. The van der Waals surface area contributed by atoms with Crippen LogP contribution in [0.2, 0.25) is 0 Å². The highest BCUT2D eigenvalue weighted by Gasteiger charge is 2.18. The molecule has 0 saturated carbocycles. The van der Waals surface area contributed by atoms with Gasteiger partial charge in [-0.2, -0.15) is 0 Å². The fourth-order valence-corrected chi connectivity index (χ4v) is 1.33. The zero-order valence-corrected chi connectivity index (χ0v) is 12.1. The quantitative estimate of drug-likeness (QED) is 0.834. The molecule has 0 spiro atoms. The van der Waals surface area contributed by atoms with Crippen LogP contribution in [0.1, 0.15) is 27.7 Å². The number of rotatable bonds is 5. The van der Waals surface area contributed by atoms with Crippen LogP contribution in [0.4, 0.5) is 11.6 Å². The first kappa shape index (κ1) is 14.7. The molecule has 3 N–H and O–H groups in total. The van der Waals surface area contributed by atoms with Gasteiger partial charge in [0.1, 0.15) is 18.0 Å². The molecule has 1 aromatic rings. The molecule has 0 bridgehead atoms. The molecule has 5 heteroatoms. The Morgan fingerprint density at radius 2 is 2.06 bits per heavy atom. The lowest BCUT2D eigenvalue weighted by molar-refractivity contribution is 0.533. The van der Waals surface area contributed by atoms with Gasteiger partial charge in [-0.1, -0.05) is 6.92 Å². The van der Waals surface area contributed by atoms with Crippen LogP contribution in [0, 0.1) is 5.92 Å². The molecule has 1 unspecified atom stereocenters. The molecule has 102 valence electrons. The van der Waals surface area contributed by atoms with Crippen molar-refractivity contribution in [3.63, 3.8) is 0 Å². The van der Waals surface area contributed by atoms with Gasteiger partial charge in [-0.15, -0.1) is 0 Å². The van der Waals surface area contributed by atoms with Crippen LogP contribution >= 0.6 is 0 Å². The lowest BCUT2D eigenvalue weighted by atomic mass is 10.1. The van der Waals surface area contributed by atoms with E-state index in [1.165, 1.54) is 0 Å². The molecule has 18 heavy (non-hydrogen) atoms. The number of hydrogen-bond donors (Lipinski definition) is 2. The van der Waals surface area contributed by atoms with Gasteiger partial charge in [0, 0.05) is 25.2 Å². The Morgan fingerprint density at radius 1 is 1.39 bits per heavy atom. The summed E-state index contributed by atoms with van der Waals surface area (Å²) in [6, 6.07) is 1.97. The average Bonchev–Trinajstić information content (AvgIpc) is 2.34. The third-order valence-corrected chi connectivity index (χ3v) is 3.04. The highest BCUT2D eigenvalue weighted by Crippen LogP contribution is 2.20. The summed E-state index contributed by atoms with van der Waals surface area (Å²) in [5.74, 6) is 2.19. The molecule has 0 aliphatic carbocycles. The Labute approximate surface area is 110 Å². The first-order valence-electron chi connectivity index (χ1n) is 6.34. The standard InChI is InChI=1S/C13H25N5/c1-10(7-14)8-15-11-6-12(17-9-16-11)18(5)13(2,3)4/h6,9-10H,7-8,14H2,1-5H3,(H,15,16,17). The molecule has 0 aromatic carbocycles. The summed E-state index contributed by atoms with van der Waals surface area (Å²) in [5.41, 5.74) is 5.63. The fourth-order valence-electron chi connectivity index (χ4n) is 1.33. The maximum Gasteiger partial charge on any atom is 0.134 e. The van der Waals surface area contributed by atoms with E-state index in [4.69, 9.17) is 5.73 Å².